The predicted octanol–water partition coefficient (Wildman–Crippen LogP) is 5.69. The molecule has 0 radical (unpaired) electrons. The minimum atomic E-state index is -4.53. The zero-order valence-corrected chi connectivity index (χ0v) is 18.5. The summed E-state index contributed by atoms with van der Waals surface area (Å²) in [5.41, 5.74) is 0.721. The highest BCUT2D eigenvalue weighted by atomic mass is 19.4. The fourth-order valence-electron chi connectivity index (χ4n) is 3.34. The number of ether oxygens (including phenoxy) is 1. The minimum Gasteiger partial charge on any atom is -0.491 e. The van der Waals surface area contributed by atoms with E-state index >= 15 is 0 Å². The molecule has 8 heteroatoms. The van der Waals surface area contributed by atoms with E-state index in [4.69, 9.17) is 9.84 Å². The van der Waals surface area contributed by atoms with Gasteiger partial charge in [-0.25, -0.2) is 0 Å². The molecule has 0 saturated carbocycles. The summed E-state index contributed by atoms with van der Waals surface area (Å²) < 4.78 is 45.4. The molecule has 0 bridgehead atoms. The first-order valence-corrected chi connectivity index (χ1v) is 10.3. The summed E-state index contributed by atoms with van der Waals surface area (Å²) in [5, 5.41) is 11.9. The number of aromatic nitrogens is 1. The SMILES string of the molecule is CC(C)(C)c1ccc(NC(=O)c2ccc(-c3ncccc3C(F)(F)F)cc2)cc1OCCO. The number of aliphatic hydroxyl groups is 1. The van der Waals surface area contributed by atoms with Gasteiger partial charge in [0.15, 0.2) is 0 Å². The zero-order chi connectivity index (χ0) is 24.2. The number of aliphatic hydroxyl groups excluding tert-OH is 1. The van der Waals surface area contributed by atoms with E-state index in [0.29, 0.717) is 11.4 Å². The first-order valence-electron chi connectivity index (χ1n) is 10.3. The molecule has 0 aliphatic heterocycles. The van der Waals surface area contributed by atoms with Gasteiger partial charge >= 0.3 is 6.18 Å². The Balaban J connectivity index is 1.82. The lowest BCUT2D eigenvalue weighted by Crippen LogP contribution is -2.16. The number of carbonyl (C=O) groups is 1. The number of halogens is 3. The molecule has 1 heterocycles. The Morgan fingerprint density at radius 3 is 2.33 bits per heavy atom. The summed E-state index contributed by atoms with van der Waals surface area (Å²) in [7, 11) is 0. The standard InChI is InChI=1S/C25H25F3N2O3/c1-24(2,3)19-11-10-18(15-21(19)33-14-13-31)30-23(32)17-8-6-16(7-9-17)22-20(25(26,27)28)5-4-12-29-22/h4-12,15,31H,13-14H2,1-3H3,(H,30,32). The van der Waals surface area contributed by atoms with Crippen LogP contribution in [0.4, 0.5) is 18.9 Å². The van der Waals surface area contributed by atoms with E-state index in [1.807, 2.05) is 26.8 Å². The van der Waals surface area contributed by atoms with Crippen LogP contribution < -0.4 is 10.1 Å². The van der Waals surface area contributed by atoms with Gasteiger partial charge in [-0.1, -0.05) is 39.0 Å². The largest absolute Gasteiger partial charge is 0.491 e. The van der Waals surface area contributed by atoms with Crippen LogP contribution in [0.2, 0.25) is 0 Å². The van der Waals surface area contributed by atoms with Crippen LogP contribution in [0, 0.1) is 0 Å². The van der Waals surface area contributed by atoms with Crippen molar-refractivity contribution in [2.24, 2.45) is 0 Å². The highest BCUT2D eigenvalue weighted by Gasteiger charge is 2.34. The first kappa shape index (κ1) is 24.3. The third kappa shape index (κ3) is 5.90. The Kier molecular flexibility index (Phi) is 7.07. The quantitative estimate of drug-likeness (QED) is 0.498. The Bertz CT molecular complexity index is 1120. The molecule has 0 saturated heterocycles. The van der Waals surface area contributed by atoms with Gasteiger partial charge in [0.05, 0.1) is 17.9 Å². The molecule has 5 nitrogen and oxygen atoms in total. The molecule has 174 valence electrons. The number of nitrogens with zero attached hydrogens (tertiary/aromatic N) is 1. The predicted molar refractivity (Wildman–Crippen MR) is 120 cm³/mol. The number of rotatable bonds is 6. The second-order valence-electron chi connectivity index (χ2n) is 8.46. The van der Waals surface area contributed by atoms with E-state index in [1.54, 1.807) is 12.1 Å². The van der Waals surface area contributed by atoms with E-state index in [0.717, 1.165) is 11.6 Å². The molecule has 2 aromatic carbocycles. The van der Waals surface area contributed by atoms with Crippen molar-refractivity contribution in [3.63, 3.8) is 0 Å². The Hall–Kier alpha value is -3.39. The van der Waals surface area contributed by atoms with E-state index in [1.165, 1.54) is 36.5 Å². The van der Waals surface area contributed by atoms with E-state index < -0.39 is 17.6 Å². The number of hydrogen-bond acceptors (Lipinski definition) is 4. The fourth-order valence-corrected chi connectivity index (χ4v) is 3.34. The van der Waals surface area contributed by atoms with Crippen LogP contribution >= 0.6 is 0 Å². The molecule has 1 amide bonds. The molecule has 0 atom stereocenters. The normalized spacial score (nSPS) is 11.8. The molecule has 0 aliphatic carbocycles. The lowest BCUT2D eigenvalue weighted by atomic mass is 9.86. The number of alkyl halides is 3. The summed E-state index contributed by atoms with van der Waals surface area (Å²) in [6.45, 7) is 6.06. The first-order chi connectivity index (χ1) is 15.5. The summed E-state index contributed by atoms with van der Waals surface area (Å²) in [6.07, 6.45) is -3.24. The highest BCUT2D eigenvalue weighted by molar-refractivity contribution is 6.04. The smallest absolute Gasteiger partial charge is 0.418 e. The maximum Gasteiger partial charge on any atom is 0.418 e. The Morgan fingerprint density at radius 1 is 1.03 bits per heavy atom. The van der Waals surface area contributed by atoms with Crippen molar-refractivity contribution in [2.45, 2.75) is 32.4 Å². The molecule has 33 heavy (non-hydrogen) atoms. The van der Waals surface area contributed by atoms with Gasteiger partial charge in [-0.05, 0) is 41.3 Å². The van der Waals surface area contributed by atoms with Crippen LogP contribution in [0.15, 0.2) is 60.8 Å². The van der Waals surface area contributed by atoms with Gasteiger partial charge in [-0.2, -0.15) is 13.2 Å². The monoisotopic (exact) mass is 458 g/mol. The molecule has 0 unspecified atom stereocenters. The molecule has 0 spiro atoms. The van der Waals surface area contributed by atoms with Crippen molar-refractivity contribution in [2.75, 3.05) is 18.5 Å². The van der Waals surface area contributed by atoms with E-state index in [-0.39, 0.29) is 35.4 Å². The molecule has 2 N–H and O–H groups in total. The molecule has 0 fully saturated rings. The third-order valence-corrected chi connectivity index (χ3v) is 4.93. The highest BCUT2D eigenvalue weighted by Crippen LogP contribution is 2.36. The van der Waals surface area contributed by atoms with Crippen LogP contribution in [0.5, 0.6) is 5.75 Å². The number of anilines is 1. The topological polar surface area (TPSA) is 71.5 Å². The van der Waals surface area contributed by atoms with Crippen LogP contribution in [-0.4, -0.2) is 29.2 Å². The van der Waals surface area contributed by atoms with E-state index in [9.17, 15) is 18.0 Å². The van der Waals surface area contributed by atoms with Crippen LogP contribution in [0.25, 0.3) is 11.3 Å². The Labute approximate surface area is 190 Å². The number of benzene rings is 2. The van der Waals surface area contributed by atoms with Gasteiger partial charge in [0.1, 0.15) is 12.4 Å². The van der Waals surface area contributed by atoms with Gasteiger partial charge < -0.3 is 15.2 Å². The lowest BCUT2D eigenvalue weighted by Gasteiger charge is -2.23. The van der Waals surface area contributed by atoms with Gasteiger partial charge in [-0.15, -0.1) is 0 Å². The molecule has 0 aliphatic rings. The molecule has 3 aromatic rings. The summed E-state index contributed by atoms with van der Waals surface area (Å²) >= 11 is 0. The van der Waals surface area contributed by atoms with Gasteiger partial charge in [0.2, 0.25) is 0 Å². The summed E-state index contributed by atoms with van der Waals surface area (Å²) in [4.78, 5) is 16.6. The van der Waals surface area contributed by atoms with Gasteiger partial charge in [-0.3, -0.25) is 9.78 Å². The maximum absolute atomic E-state index is 13.3. The maximum atomic E-state index is 13.3. The average molecular weight is 458 g/mol. The average Bonchev–Trinajstić information content (AvgIpc) is 2.76. The van der Waals surface area contributed by atoms with Crippen LogP contribution in [0.3, 0.4) is 0 Å². The van der Waals surface area contributed by atoms with Crippen molar-refractivity contribution >= 4 is 11.6 Å². The summed E-state index contributed by atoms with van der Waals surface area (Å²) in [6, 6.07) is 13.3. The van der Waals surface area contributed by atoms with E-state index in [2.05, 4.69) is 10.3 Å². The van der Waals surface area contributed by atoms with Crippen molar-refractivity contribution in [3.8, 4) is 17.0 Å². The van der Waals surface area contributed by atoms with Crippen molar-refractivity contribution in [1.82, 2.24) is 4.98 Å². The number of nitrogens with one attached hydrogen (secondary N) is 1. The molecule has 3 rings (SSSR count). The molecular weight excluding hydrogens is 433 g/mol. The number of hydrogen-bond donors (Lipinski definition) is 2. The number of pyridine rings is 1. The van der Waals surface area contributed by atoms with Crippen molar-refractivity contribution in [3.05, 3.63) is 77.5 Å². The second-order valence-corrected chi connectivity index (χ2v) is 8.46. The zero-order valence-electron chi connectivity index (χ0n) is 18.5. The number of carbonyl (C=O) groups excluding carboxylic acids is 1. The van der Waals surface area contributed by atoms with Crippen molar-refractivity contribution < 1.29 is 27.8 Å². The van der Waals surface area contributed by atoms with Crippen LogP contribution in [0.1, 0.15) is 42.3 Å². The van der Waals surface area contributed by atoms with Gasteiger partial charge in [0.25, 0.3) is 5.91 Å². The lowest BCUT2D eigenvalue weighted by molar-refractivity contribution is -0.137. The Morgan fingerprint density at radius 2 is 1.73 bits per heavy atom. The number of amides is 1. The van der Waals surface area contributed by atoms with Crippen LogP contribution in [-0.2, 0) is 11.6 Å². The molecule has 1 aromatic heterocycles. The van der Waals surface area contributed by atoms with Crippen molar-refractivity contribution in [1.29, 1.82) is 0 Å². The fraction of sp³-hybridized carbons (Fsp3) is 0.280. The minimum absolute atomic E-state index is 0.120. The second kappa shape index (κ2) is 9.62. The molecular formula is C25H25F3N2O3. The van der Waals surface area contributed by atoms with Gasteiger partial charge in [0, 0.05) is 29.1 Å². The third-order valence-electron chi connectivity index (χ3n) is 4.93. The summed E-state index contributed by atoms with van der Waals surface area (Å²) in [5.74, 6) is 0.134.